The number of aromatic nitrogens is 1. The molecular weight excluding hydrogens is 384 g/mol. The summed E-state index contributed by atoms with van der Waals surface area (Å²) in [5, 5.41) is 5.41. The molecule has 0 aliphatic rings. The third-order valence-electron chi connectivity index (χ3n) is 4.34. The number of nitrogens with zero attached hydrogens (tertiary/aromatic N) is 2. The molecule has 8 nitrogen and oxygen atoms in total. The number of pyridine rings is 1. The van der Waals surface area contributed by atoms with Gasteiger partial charge in [0, 0.05) is 25.7 Å². The van der Waals surface area contributed by atoms with Crippen molar-refractivity contribution in [1.82, 2.24) is 10.3 Å². The monoisotopic (exact) mass is 406 g/mol. The highest BCUT2D eigenvalue weighted by Crippen LogP contribution is 2.21. The lowest BCUT2D eigenvalue weighted by atomic mass is 10.1. The van der Waals surface area contributed by atoms with Crippen molar-refractivity contribution in [2.24, 2.45) is 0 Å². The molecule has 2 N–H and O–H groups in total. The fraction of sp³-hybridized carbons (Fsp3) is 0.182. The Morgan fingerprint density at radius 3 is 2.57 bits per heavy atom. The van der Waals surface area contributed by atoms with Gasteiger partial charge in [0.15, 0.2) is 5.76 Å². The minimum atomic E-state index is -0.383. The molecular formula is C22H22N4O4. The van der Waals surface area contributed by atoms with Crippen molar-refractivity contribution >= 4 is 29.2 Å². The standard InChI is InChI=1S/C22H22N4O4/c1-15-7-5-11-19(24-15)25-20(27)12-13-23-21(28)16-8-3-4-9-17(16)26(2)22(29)18-10-6-14-30-18/h3-11,14H,12-13H2,1-2H3,(H,23,28)(H,24,25,27). The summed E-state index contributed by atoms with van der Waals surface area (Å²) < 4.78 is 5.14. The van der Waals surface area contributed by atoms with Gasteiger partial charge in [0.1, 0.15) is 5.82 Å². The number of rotatable bonds is 7. The molecule has 8 heteroatoms. The molecule has 0 aliphatic heterocycles. The van der Waals surface area contributed by atoms with E-state index >= 15 is 0 Å². The molecule has 1 aromatic carbocycles. The molecule has 3 amide bonds. The van der Waals surface area contributed by atoms with Crippen molar-refractivity contribution in [1.29, 1.82) is 0 Å². The molecule has 0 bridgehead atoms. The van der Waals surface area contributed by atoms with Gasteiger partial charge in [-0.25, -0.2) is 4.98 Å². The minimum absolute atomic E-state index is 0.0880. The maximum Gasteiger partial charge on any atom is 0.293 e. The molecule has 0 radical (unpaired) electrons. The van der Waals surface area contributed by atoms with Gasteiger partial charge in [0.05, 0.1) is 17.5 Å². The lowest BCUT2D eigenvalue weighted by molar-refractivity contribution is -0.116. The number of para-hydroxylation sites is 1. The second kappa shape index (κ2) is 9.51. The third kappa shape index (κ3) is 5.11. The van der Waals surface area contributed by atoms with Crippen molar-refractivity contribution in [3.63, 3.8) is 0 Å². The van der Waals surface area contributed by atoms with Crippen LogP contribution in [0.1, 0.15) is 33.0 Å². The summed E-state index contributed by atoms with van der Waals surface area (Å²) in [4.78, 5) is 42.8. The van der Waals surface area contributed by atoms with Crippen LogP contribution in [-0.2, 0) is 4.79 Å². The second-order valence-electron chi connectivity index (χ2n) is 6.58. The zero-order valence-electron chi connectivity index (χ0n) is 16.7. The van der Waals surface area contributed by atoms with Gasteiger partial charge in [-0.1, -0.05) is 18.2 Å². The van der Waals surface area contributed by atoms with Gasteiger partial charge in [0.25, 0.3) is 11.8 Å². The fourth-order valence-corrected chi connectivity index (χ4v) is 2.84. The molecule has 2 heterocycles. The average Bonchev–Trinajstić information content (AvgIpc) is 3.27. The van der Waals surface area contributed by atoms with Gasteiger partial charge < -0.3 is 20.0 Å². The largest absolute Gasteiger partial charge is 0.459 e. The number of hydrogen-bond donors (Lipinski definition) is 2. The number of hydrogen-bond acceptors (Lipinski definition) is 5. The number of benzene rings is 1. The molecule has 30 heavy (non-hydrogen) atoms. The number of amides is 3. The predicted molar refractivity (Wildman–Crippen MR) is 112 cm³/mol. The van der Waals surface area contributed by atoms with Crippen LogP contribution in [0.15, 0.2) is 65.3 Å². The van der Waals surface area contributed by atoms with Crippen LogP contribution >= 0.6 is 0 Å². The molecule has 3 rings (SSSR count). The highest BCUT2D eigenvalue weighted by molar-refractivity contribution is 6.09. The lowest BCUT2D eigenvalue weighted by Crippen LogP contribution is -2.31. The molecule has 0 atom stereocenters. The molecule has 0 spiro atoms. The van der Waals surface area contributed by atoms with Crippen LogP contribution in [-0.4, -0.2) is 36.3 Å². The van der Waals surface area contributed by atoms with Crippen LogP contribution in [0.25, 0.3) is 0 Å². The summed E-state index contributed by atoms with van der Waals surface area (Å²) in [7, 11) is 1.57. The SMILES string of the molecule is Cc1cccc(NC(=O)CCNC(=O)c2ccccc2N(C)C(=O)c2ccco2)n1. The van der Waals surface area contributed by atoms with E-state index in [1.165, 1.54) is 11.2 Å². The first-order chi connectivity index (χ1) is 14.5. The topological polar surface area (TPSA) is 105 Å². The second-order valence-corrected chi connectivity index (χ2v) is 6.58. The lowest BCUT2D eigenvalue weighted by Gasteiger charge is -2.19. The summed E-state index contributed by atoms with van der Waals surface area (Å²) in [5.74, 6) is -0.368. The summed E-state index contributed by atoms with van der Waals surface area (Å²) in [6, 6.07) is 15.3. The van der Waals surface area contributed by atoms with E-state index in [1.807, 2.05) is 13.0 Å². The molecule has 0 saturated heterocycles. The Hall–Kier alpha value is -3.94. The molecule has 3 aromatic rings. The van der Waals surface area contributed by atoms with Crippen LogP contribution < -0.4 is 15.5 Å². The number of furan rings is 1. The van der Waals surface area contributed by atoms with Crippen molar-refractivity contribution in [3.8, 4) is 0 Å². The van der Waals surface area contributed by atoms with Crippen LogP contribution in [0.2, 0.25) is 0 Å². The van der Waals surface area contributed by atoms with E-state index in [2.05, 4.69) is 15.6 Å². The average molecular weight is 406 g/mol. The van der Waals surface area contributed by atoms with Crippen molar-refractivity contribution in [2.75, 3.05) is 23.8 Å². The van der Waals surface area contributed by atoms with E-state index in [1.54, 1.807) is 55.6 Å². The van der Waals surface area contributed by atoms with E-state index in [0.717, 1.165) is 5.69 Å². The van der Waals surface area contributed by atoms with Crippen LogP contribution in [0, 0.1) is 6.92 Å². The van der Waals surface area contributed by atoms with Crippen molar-refractivity contribution < 1.29 is 18.8 Å². The van der Waals surface area contributed by atoms with Gasteiger partial charge in [0.2, 0.25) is 5.91 Å². The predicted octanol–water partition coefficient (Wildman–Crippen LogP) is 3.02. The van der Waals surface area contributed by atoms with Gasteiger partial charge in [-0.15, -0.1) is 0 Å². The zero-order valence-corrected chi connectivity index (χ0v) is 16.7. The smallest absolute Gasteiger partial charge is 0.293 e. The number of carbonyl (C=O) groups is 3. The van der Waals surface area contributed by atoms with Gasteiger partial charge in [-0.3, -0.25) is 14.4 Å². The molecule has 0 unspecified atom stereocenters. The first-order valence-electron chi connectivity index (χ1n) is 9.38. The highest BCUT2D eigenvalue weighted by Gasteiger charge is 2.21. The Morgan fingerprint density at radius 1 is 1.03 bits per heavy atom. The van der Waals surface area contributed by atoms with Gasteiger partial charge >= 0.3 is 0 Å². The van der Waals surface area contributed by atoms with Crippen LogP contribution in [0.5, 0.6) is 0 Å². The zero-order chi connectivity index (χ0) is 21.5. The van der Waals surface area contributed by atoms with Crippen LogP contribution in [0.3, 0.4) is 0 Å². The Kier molecular flexibility index (Phi) is 6.59. The quantitative estimate of drug-likeness (QED) is 0.628. The summed E-state index contributed by atoms with van der Waals surface area (Å²) >= 11 is 0. The van der Waals surface area contributed by atoms with Gasteiger partial charge in [-0.05, 0) is 43.3 Å². The molecule has 0 aliphatic carbocycles. The Balaban J connectivity index is 1.59. The summed E-state index contributed by atoms with van der Waals surface area (Å²) in [6.45, 7) is 1.97. The van der Waals surface area contributed by atoms with Crippen LogP contribution in [0.4, 0.5) is 11.5 Å². The number of aryl methyl sites for hydroxylation is 1. The Morgan fingerprint density at radius 2 is 1.83 bits per heavy atom. The van der Waals surface area contributed by atoms with Gasteiger partial charge in [-0.2, -0.15) is 0 Å². The molecule has 0 fully saturated rings. The maximum atomic E-state index is 12.6. The summed E-state index contributed by atoms with van der Waals surface area (Å²) in [6.07, 6.45) is 1.50. The first-order valence-corrected chi connectivity index (χ1v) is 9.38. The highest BCUT2D eigenvalue weighted by atomic mass is 16.3. The Labute approximate surface area is 173 Å². The maximum absolute atomic E-state index is 12.6. The number of carbonyl (C=O) groups excluding carboxylic acids is 3. The van der Waals surface area contributed by atoms with E-state index in [9.17, 15) is 14.4 Å². The fourth-order valence-electron chi connectivity index (χ4n) is 2.84. The van der Waals surface area contributed by atoms with E-state index in [-0.39, 0.29) is 36.4 Å². The van der Waals surface area contributed by atoms with E-state index in [4.69, 9.17) is 4.42 Å². The Bertz CT molecular complexity index is 1050. The normalized spacial score (nSPS) is 10.3. The minimum Gasteiger partial charge on any atom is -0.459 e. The molecule has 0 saturated carbocycles. The molecule has 2 aromatic heterocycles. The van der Waals surface area contributed by atoms with Crippen molar-refractivity contribution in [3.05, 3.63) is 77.9 Å². The number of anilines is 2. The first kappa shape index (κ1) is 20.8. The number of nitrogens with one attached hydrogen (secondary N) is 2. The third-order valence-corrected chi connectivity index (χ3v) is 4.34. The van der Waals surface area contributed by atoms with E-state index in [0.29, 0.717) is 17.1 Å². The summed E-state index contributed by atoms with van der Waals surface area (Å²) in [5.41, 5.74) is 1.55. The molecule has 154 valence electrons. The van der Waals surface area contributed by atoms with E-state index < -0.39 is 0 Å². The van der Waals surface area contributed by atoms with Crippen molar-refractivity contribution in [2.45, 2.75) is 13.3 Å².